The normalized spacial score (nSPS) is 17.9. The van der Waals surface area contributed by atoms with Gasteiger partial charge in [0.05, 0.1) is 6.54 Å². The van der Waals surface area contributed by atoms with Gasteiger partial charge in [0.25, 0.3) is 0 Å². The van der Waals surface area contributed by atoms with Crippen LogP contribution in [0.1, 0.15) is 17.2 Å². The third-order valence-corrected chi connectivity index (χ3v) is 3.52. The first-order valence-corrected chi connectivity index (χ1v) is 7.02. The van der Waals surface area contributed by atoms with Crippen LogP contribution < -0.4 is 0 Å². The third-order valence-electron chi connectivity index (χ3n) is 3.03. The van der Waals surface area contributed by atoms with Crippen molar-refractivity contribution in [2.24, 2.45) is 0 Å². The van der Waals surface area contributed by atoms with E-state index in [1.165, 1.54) is 11.1 Å². The maximum Gasteiger partial charge on any atom is 0.131 e. The average molecular weight is 316 g/mol. The Labute approximate surface area is 121 Å². The van der Waals surface area contributed by atoms with Crippen molar-refractivity contribution in [1.82, 2.24) is 5.06 Å². The van der Waals surface area contributed by atoms with Crippen LogP contribution in [0.15, 0.2) is 71.3 Å². The summed E-state index contributed by atoms with van der Waals surface area (Å²) in [5.74, 6) is 0. The van der Waals surface area contributed by atoms with Gasteiger partial charge in [0.2, 0.25) is 0 Å². The molecule has 1 aliphatic heterocycles. The lowest BCUT2D eigenvalue weighted by atomic mass is 10.1. The molecule has 0 fully saturated rings. The topological polar surface area (TPSA) is 12.5 Å². The molecule has 0 amide bonds. The molecule has 0 aliphatic carbocycles. The van der Waals surface area contributed by atoms with Gasteiger partial charge in [-0.2, -0.15) is 0 Å². The lowest BCUT2D eigenvalue weighted by molar-refractivity contribution is -0.137. The number of hydrogen-bond acceptors (Lipinski definition) is 2. The van der Waals surface area contributed by atoms with E-state index in [1.54, 1.807) is 0 Å². The number of benzene rings is 2. The Hall–Kier alpha value is -1.58. The number of hydroxylamine groups is 2. The summed E-state index contributed by atoms with van der Waals surface area (Å²) in [6.45, 7) is 0.749. The summed E-state index contributed by atoms with van der Waals surface area (Å²) >= 11 is 3.48. The first-order valence-electron chi connectivity index (χ1n) is 6.22. The van der Waals surface area contributed by atoms with Gasteiger partial charge in [0, 0.05) is 10.7 Å². The highest BCUT2D eigenvalue weighted by atomic mass is 79.9. The molecule has 96 valence electrons. The zero-order valence-electron chi connectivity index (χ0n) is 10.4. The van der Waals surface area contributed by atoms with Gasteiger partial charge < -0.3 is 0 Å². The van der Waals surface area contributed by atoms with Gasteiger partial charge in [-0.3, -0.25) is 9.90 Å². The van der Waals surface area contributed by atoms with Crippen molar-refractivity contribution in [2.45, 2.75) is 12.6 Å². The molecule has 0 N–H and O–H groups in total. The summed E-state index contributed by atoms with van der Waals surface area (Å²) in [7, 11) is 0. The molecule has 19 heavy (non-hydrogen) atoms. The number of nitrogens with zero attached hydrogens (tertiary/aromatic N) is 1. The summed E-state index contributed by atoms with van der Waals surface area (Å²) in [6, 6.07) is 18.5. The maximum absolute atomic E-state index is 5.90. The van der Waals surface area contributed by atoms with Crippen molar-refractivity contribution in [2.75, 3.05) is 0 Å². The van der Waals surface area contributed by atoms with Gasteiger partial charge >= 0.3 is 0 Å². The highest BCUT2D eigenvalue weighted by molar-refractivity contribution is 9.10. The van der Waals surface area contributed by atoms with Crippen LogP contribution in [0.25, 0.3) is 0 Å². The van der Waals surface area contributed by atoms with E-state index < -0.39 is 0 Å². The van der Waals surface area contributed by atoms with Crippen LogP contribution in [0.4, 0.5) is 0 Å². The minimum Gasteiger partial charge on any atom is -0.261 e. The van der Waals surface area contributed by atoms with E-state index in [9.17, 15) is 0 Å². The molecule has 1 atom stereocenters. The molecule has 3 rings (SSSR count). The Morgan fingerprint density at radius 2 is 1.89 bits per heavy atom. The molecule has 0 bridgehead atoms. The SMILES string of the molecule is Brc1cccc(CN2C=C[C@@H](c3ccccc3)O2)c1. The molecule has 1 aliphatic rings. The fourth-order valence-corrected chi connectivity index (χ4v) is 2.56. The van der Waals surface area contributed by atoms with Crippen LogP contribution in [-0.2, 0) is 11.4 Å². The van der Waals surface area contributed by atoms with Crippen molar-refractivity contribution in [3.63, 3.8) is 0 Å². The van der Waals surface area contributed by atoms with Crippen molar-refractivity contribution < 1.29 is 4.84 Å². The quantitative estimate of drug-likeness (QED) is 0.829. The number of halogens is 1. The Morgan fingerprint density at radius 3 is 2.68 bits per heavy atom. The lowest BCUT2D eigenvalue weighted by Crippen LogP contribution is -2.14. The predicted octanol–water partition coefficient (Wildman–Crippen LogP) is 4.45. The largest absolute Gasteiger partial charge is 0.261 e. The highest BCUT2D eigenvalue weighted by Gasteiger charge is 2.18. The Balaban J connectivity index is 1.66. The van der Waals surface area contributed by atoms with E-state index in [4.69, 9.17) is 4.84 Å². The van der Waals surface area contributed by atoms with Crippen molar-refractivity contribution in [1.29, 1.82) is 0 Å². The second-order valence-electron chi connectivity index (χ2n) is 4.48. The fourth-order valence-electron chi connectivity index (χ4n) is 2.11. The van der Waals surface area contributed by atoms with E-state index in [0.717, 1.165) is 11.0 Å². The van der Waals surface area contributed by atoms with Gasteiger partial charge in [-0.05, 0) is 29.3 Å². The molecule has 1 heterocycles. The summed E-state index contributed by atoms with van der Waals surface area (Å²) in [5.41, 5.74) is 2.39. The molecule has 2 aromatic rings. The molecule has 0 saturated heterocycles. The van der Waals surface area contributed by atoms with Gasteiger partial charge in [-0.1, -0.05) is 58.4 Å². The molecule has 2 aromatic carbocycles. The maximum atomic E-state index is 5.90. The zero-order valence-corrected chi connectivity index (χ0v) is 12.0. The lowest BCUT2D eigenvalue weighted by Gasteiger charge is -2.18. The van der Waals surface area contributed by atoms with E-state index in [2.05, 4.69) is 46.3 Å². The number of rotatable bonds is 3. The van der Waals surface area contributed by atoms with Gasteiger partial charge in [0.1, 0.15) is 6.10 Å². The van der Waals surface area contributed by atoms with Crippen LogP contribution in [0.3, 0.4) is 0 Å². The highest BCUT2D eigenvalue weighted by Crippen LogP contribution is 2.27. The van der Waals surface area contributed by atoms with Gasteiger partial charge in [-0.25, -0.2) is 0 Å². The van der Waals surface area contributed by atoms with E-state index in [0.29, 0.717) is 0 Å². The molecule has 3 heteroatoms. The minimum atomic E-state index is 0.0216. The van der Waals surface area contributed by atoms with Crippen molar-refractivity contribution in [3.05, 3.63) is 82.5 Å². The first-order chi connectivity index (χ1) is 9.31. The summed E-state index contributed by atoms with van der Waals surface area (Å²) in [6.07, 6.45) is 4.10. The van der Waals surface area contributed by atoms with E-state index in [-0.39, 0.29) is 6.10 Å². The Morgan fingerprint density at radius 1 is 1.05 bits per heavy atom. The summed E-state index contributed by atoms with van der Waals surface area (Å²) in [5, 5.41) is 1.87. The summed E-state index contributed by atoms with van der Waals surface area (Å²) < 4.78 is 1.09. The van der Waals surface area contributed by atoms with Crippen LogP contribution in [0.5, 0.6) is 0 Å². The van der Waals surface area contributed by atoms with E-state index >= 15 is 0 Å². The monoisotopic (exact) mass is 315 g/mol. The second-order valence-corrected chi connectivity index (χ2v) is 5.40. The molecule has 2 nitrogen and oxygen atoms in total. The van der Waals surface area contributed by atoms with Crippen LogP contribution in [0, 0.1) is 0 Å². The fraction of sp³-hybridized carbons (Fsp3) is 0.125. The average Bonchev–Trinajstić information content (AvgIpc) is 2.88. The molecule has 0 spiro atoms. The minimum absolute atomic E-state index is 0.0216. The molecular formula is C16H14BrNO. The Bertz CT molecular complexity index is 582. The first kappa shape index (κ1) is 12.5. The molecule has 0 saturated carbocycles. The smallest absolute Gasteiger partial charge is 0.131 e. The predicted molar refractivity (Wildman–Crippen MR) is 79.1 cm³/mol. The molecular weight excluding hydrogens is 302 g/mol. The third kappa shape index (κ3) is 3.06. The summed E-state index contributed by atoms with van der Waals surface area (Å²) in [4.78, 5) is 5.90. The van der Waals surface area contributed by atoms with Gasteiger partial charge in [0.15, 0.2) is 0 Å². The molecule has 0 aromatic heterocycles. The number of hydrogen-bond donors (Lipinski definition) is 0. The molecule has 0 radical (unpaired) electrons. The van der Waals surface area contributed by atoms with Crippen LogP contribution in [-0.4, -0.2) is 5.06 Å². The second kappa shape index (κ2) is 5.59. The van der Waals surface area contributed by atoms with Crippen molar-refractivity contribution >= 4 is 15.9 Å². The zero-order chi connectivity index (χ0) is 13.1. The van der Waals surface area contributed by atoms with Crippen LogP contribution >= 0.6 is 15.9 Å². The Kier molecular flexibility index (Phi) is 3.67. The molecule has 0 unspecified atom stereocenters. The van der Waals surface area contributed by atoms with Crippen molar-refractivity contribution in [3.8, 4) is 0 Å². The van der Waals surface area contributed by atoms with Gasteiger partial charge in [-0.15, -0.1) is 0 Å². The standard InChI is InChI=1S/C16H14BrNO/c17-15-8-4-5-13(11-15)12-18-10-9-16(19-18)14-6-2-1-3-7-14/h1-11,16H,12H2/t16-/m0/s1. The van der Waals surface area contributed by atoms with Crippen LogP contribution in [0.2, 0.25) is 0 Å². The van der Waals surface area contributed by atoms with E-state index in [1.807, 2.05) is 41.6 Å².